The van der Waals surface area contributed by atoms with E-state index in [0.717, 1.165) is 0 Å². The van der Waals surface area contributed by atoms with Gasteiger partial charge in [-0.1, -0.05) is 13.8 Å². The molecule has 0 aromatic heterocycles. The maximum atomic E-state index is 12.5. The van der Waals surface area contributed by atoms with E-state index in [1.165, 1.54) is 0 Å². The summed E-state index contributed by atoms with van der Waals surface area (Å²) >= 11 is 3.42. The Morgan fingerprint density at radius 2 is 2.10 bits per heavy atom. The fourth-order valence-electron chi connectivity index (χ4n) is 2.00. The number of rotatable bonds is 4. The van der Waals surface area contributed by atoms with E-state index in [4.69, 9.17) is 15.2 Å². The number of hydrogen-bond donors (Lipinski definition) is 2. The van der Waals surface area contributed by atoms with Gasteiger partial charge in [-0.25, -0.2) is 0 Å². The number of halogens is 1. The molecule has 1 unspecified atom stereocenters. The highest BCUT2D eigenvalue weighted by atomic mass is 79.9. The van der Waals surface area contributed by atoms with E-state index in [1.54, 1.807) is 12.1 Å². The molecule has 1 aliphatic heterocycles. The molecule has 21 heavy (non-hydrogen) atoms. The lowest BCUT2D eigenvalue weighted by Crippen LogP contribution is -2.55. The number of nitrogens with two attached hydrogens (primary N) is 1. The first-order valence-electron chi connectivity index (χ1n) is 6.99. The number of amides is 1. The first-order chi connectivity index (χ1) is 9.87. The third-order valence-electron chi connectivity index (χ3n) is 3.96. The van der Waals surface area contributed by atoms with Gasteiger partial charge in [0.25, 0.3) is 5.91 Å². The minimum Gasteiger partial charge on any atom is -0.486 e. The summed E-state index contributed by atoms with van der Waals surface area (Å²) in [5.74, 6) is 1.28. The first kappa shape index (κ1) is 16.1. The van der Waals surface area contributed by atoms with E-state index in [0.29, 0.717) is 41.3 Å². The monoisotopic (exact) mass is 356 g/mol. The Morgan fingerprint density at radius 1 is 1.43 bits per heavy atom. The molecular formula is C15H21BrN2O3. The van der Waals surface area contributed by atoms with E-state index >= 15 is 0 Å². The van der Waals surface area contributed by atoms with Crippen molar-refractivity contribution >= 4 is 21.8 Å². The number of carbonyl (C=O) groups is 1. The number of benzene rings is 1. The van der Waals surface area contributed by atoms with Crippen LogP contribution in [0.5, 0.6) is 11.5 Å². The van der Waals surface area contributed by atoms with Gasteiger partial charge >= 0.3 is 0 Å². The number of hydrogen-bond acceptors (Lipinski definition) is 4. The Labute approximate surface area is 133 Å². The average molecular weight is 357 g/mol. The third kappa shape index (κ3) is 3.32. The summed E-state index contributed by atoms with van der Waals surface area (Å²) in [7, 11) is 0. The minimum atomic E-state index is -0.448. The molecule has 5 nitrogen and oxygen atoms in total. The largest absolute Gasteiger partial charge is 0.486 e. The number of nitrogens with one attached hydrogen (secondary N) is 1. The lowest BCUT2D eigenvalue weighted by Gasteiger charge is -2.33. The van der Waals surface area contributed by atoms with Crippen LogP contribution in [0.4, 0.5) is 0 Å². The molecule has 0 spiro atoms. The molecule has 1 aromatic carbocycles. The number of ether oxygens (including phenoxy) is 2. The molecule has 6 heteroatoms. The lowest BCUT2D eigenvalue weighted by molar-refractivity contribution is 0.0882. The summed E-state index contributed by atoms with van der Waals surface area (Å²) in [6, 6.07) is 3.44. The fourth-order valence-corrected chi connectivity index (χ4v) is 2.56. The average Bonchev–Trinajstić information content (AvgIpc) is 2.46. The van der Waals surface area contributed by atoms with Crippen molar-refractivity contribution in [2.24, 2.45) is 11.7 Å². The first-order valence-corrected chi connectivity index (χ1v) is 7.78. The summed E-state index contributed by atoms with van der Waals surface area (Å²) in [6.07, 6.45) is 0. The Hall–Kier alpha value is -1.27. The second kappa shape index (κ2) is 6.23. The Morgan fingerprint density at radius 3 is 2.71 bits per heavy atom. The zero-order chi connectivity index (χ0) is 15.6. The van der Waals surface area contributed by atoms with Crippen LogP contribution < -0.4 is 20.5 Å². The summed E-state index contributed by atoms with van der Waals surface area (Å²) in [4.78, 5) is 12.5. The predicted octanol–water partition coefficient (Wildman–Crippen LogP) is 2.32. The maximum Gasteiger partial charge on any atom is 0.251 e. The van der Waals surface area contributed by atoms with Crippen molar-refractivity contribution in [3.8, 4) is 11.5 Å². The van der Waals surface area contributed by atoms with Gasteiger partial charge in [0, 0.05) is 12.1 Å². The van der Waals surface area contributed by atoms with Gasteiger partial charge in [0.05, 0.1) is 10.0 Å². The summed E-state index contributed by atoms with van der Waals surface area (Å²) in [6.45, 7) is 7.39. The highest BCUT2D eigenvalue weighted by Gasteiger charge is 2.29. The van der Waals surface area contributed by atoms with Crippen LogP contribution in [-0.4, -0.2) is 31.2 Å². The van der Waals surface area contributed by atoms with Gasteiger partial charge in [0.2, 0.25) is 0 Å². The van der Waals surface area contributed by atoms with E-state index in [2.05, 4.69) is 21.2 Å². The topological polar surface area (TPSA) is 73.6 Å². The molecule has 0 aliphatic carbocycles. The molecule has 0 saturated heterocycles. The van der Waals surface area contributed by atoms with E-state index in [1.807, 2.05) is 20.8 Å². The highest BCUT2D eigenvalue weighted by molar-refractivity contribution is 9.10. The van der Waals surface area contributed by atoms with Crippen molar-refractivity contribution in [2.45, 2.75) is 26.3 Å². The zero-order valence-corrected chi connectivity index (χ0v) is 14.1. The van der Waals surface area contributed by atoms with Gasteiger partial charge in [-0.15, -0.1) is 0 Å². The van der Waals surface area contributed by atoms with Crippen molar-refractivity contribution in [1.29, 1.82) is 0 Å². The van der Waals surface area contributed by atoms with Crippen molar-refractivity contribution in [3.05, 3.63) is 22.2 Å². The van der Waals surface area contributed by atoms with Crippen molar-refractivity contribution in [3.63, 3.8) is 0 Å². The van der Waals surface area contributed by atoms with E-state index in [9.17, 15) is 4.79 Å². The fraction of sp³-hybridized carbons (Fsp3) is 0.533. The Balaban J connectivity index is 2.26. The lowest BCUT2D eigenvalue weighted by atomic mass is 9.88. The number of carbonyl (C=O) groups excluding carboxylic acids is 1. The molecule has 2 rings (SSSR count). The summed E-state index contributed by atoms with van der Waals surface area (Å²) in [5, 5.41) is 3.01. The zero-order valence-electron chi connectivity index (χ0n) is 12.5. The van der Waals surface area contributed by atoms with Crippen LogP contribution in [0.3, 0.4) is 0 Å². The smallest absolute Gasteiger partial charge is 0.251 e. The quantitative estimate of drug-likeness (QED) is 0.868. The highest BCUT2D eigenvalue weighted by Crippen LogP contribution is 2.38. The molecule has 1 aliphatic rings. The summed E-state index contributed by atoms with van der Waals surface area (Å²) in [5.41, 5.74) is 5.88. The molecule has 1 heterocycles. The normalized spacial score (nSPS) is 16.5. The molecule has 1 atom stereocenters. The van der Waals surface area contributed by atoms with E-state index < -0.39 is 5.54 Å². The standard InChI is InChI=1S/C15H21BrN2O3/c1-9(2)15(3,8-17)18-14(19)10-6-11(16)13-12(7-10)20-4-5-21-13/h6-7,9H,4-5,8,17H2,1-3H3,(H,18,19). The predicted molar refractivity (Wildman–Crippen MR) is 84.9 cm³/mol. The van der Waals surface area contributed by atoms with Crippen LogP contribution in [0.2, 0.25) is 0 Å². The molecule has 1 aromatic rings. The van der Waals surface area contributed by atoms with Crippen molar-refractivity contribution < 1.29 is 14.3 Å². The van der Waals surface area contributed by atoms with Gasteiger partial charge in [-0.3, -0.25) is 4.79 Å². The van der Waals surface area contributed by atoms with E-state index in [-0.39, 0.29) is 11.8 Å². The molecule has 0 radical (unpaired) electrons. The second-order valence-electron chi connectivity index (χ2n) is 5.71. The summed E-state index contributed by atoms with van der Waals surface area (Å²) < 4.78 is 11.8. The van der Waals surface area contributed by atoms with Crippen LogP contribution in [0.1, 0.15) is 31.1 Å². The van der Waals surface area contributed by atoms with Crippen molar-refractivity contribution in [2.75, 3.05) is 19.8 Å². The molecule has 0 saturated carbocycles. The molecule has 0 fully saturated rings. The minimum absolute atomic E-state index is 0.172. The molecule has 116 valence electrons. The van der Waals surface area contributed by atoms with Gasteiger partial charge in [0.1, 0.15) is 13.2 Å². The van der Waals surface area contributed by atoms with Gasteiger partial charge in [0.15, 0.2) is 11.5 Å². The Bertz CT molecular complexity index is 548. The second-order valence-corrected chi connectivity index (χ2v) is 6.57. The van der Waals surface area contributed by atoms with Crippen LogP contribution in [0.25, 0.3) is 0 Å². The van der Waals surface area contributed by atoms with Crippen molar-refractivity contribution in [1.82, 2.24) is 5.32 Å². The van der Waals surface area contributed by atoms with Gasteiger partial charge in [-0.05, 0) is 40.9 Å². The number of fused-ring (bicyclic) bond motifs is 1. The Kier molecular flexibility index (Phi) is 4.78. The molecular weight excluding hydrogens is 336 g/mol. The molecule has 1 amide bonds. The maximum absolute atomic E-state index is 12.5. The van der Waals surface area contributed by atoms with Crippen LogP contribution >= 0.6 is 15.9 Å². The van der Waals surface area contributed by atoms with Gasteiger partial charge in [-0.2, -0.15) is 0 Å². The SMILES string of the molecule is CC(C)C(C)(CN)NC(=O)c1cc(Br)c2c(c1)OCCO2. The molecule has 3 N–H and O–H groups in total. The van der Waals surface area contributed by atoms with Gasteiger partial charge < -0.3 is 20.5 Å². The molecule has 0 bridgehead atoms. The van der Waals surface area contributed by atoms with Crippen LogP contribution in [0, 0.1) is 5.92 Å². The van der Waals surface area contributed by atoms with Crippen LogP contribution in [0.15, 0.2) is 16.6 Å². The van der Waals surface area contributed by atoms with Crippen LogP contribution in [-0.2, 0) is 0 Å². The third-order valence-corrected chi connectivity index (χ3v) is 4.55.